The van der Waals surface area contributed by atoms with Gasteiger partial charge in [0.05, 0.1) is 5.69 Å². The van der Waals surface area contributed by atoms with Gasteiger partial charge in [-0.15, -0.1) is 11.3 Å². The lowest BCUT2D eigenvalue weighted by Gasteiger charge is -2.01. The first-order valence-electron chi connectivity index (χ1n) is 7.34. The summed E-state index contributed by atoms with van der Waals surface area (Å²) in [7, 11) is 0. The van der Waals surface area contributed by atoms with E-state index in [1.165, 1.54) is 29.5 Å². The molecule has 5 heteroatoms. The number of aromatic nitrogens is 1. The van der Waals surface area contributed by atoms with Gasteiger partial charge >= 0.3 is 0 Å². The van der Waals surface area contributed by atoms with Crippen molar-refractivity contribution in [2.75, 3.05) is 6.54 Å². The van der Waals surface area contributed by atoms with Gasteiger partial charge in [0.1, 0.15) is 10.8 Å². The molecule has 0 saturated heterocycles. The third kappa shape index (κ3) is 3.52. The highest BCUT2D eigenvalue weighted by molar-refractivity contribution is 9.10. The van der Waals surface area contributed by atoms with Gasteiger partial charge in [0.25, 0.3) is 0 Å². The summed E-state index contributed by atoms with van der Waals surface area (Å²) < 4.78 is 14.9. The number of thiazole rings is 1. The molecule has 1 saturated carbocycles. The number of hydrogen-bond acceptors (Lipinski definition) is 3. The fraction of sp³-hybridized carbons (Fsp3) is 0.438. The smallest absolute Gasteiger partial charge is 0.134 e. The minimum absolute atomic E-state index is 0.214. The van der Waals surface area contributed by atoms with Gasteiger partial charge in [-0.25, -0.2) is 9.37 Å². The molecule has 1 aliphatic rings. The summed E-state index contributed by atoms with van der Waals surface area (Å²) in [5.74, 6) is 0.375. The lowest BCUT2D eigenvalue weighted by atomic mass is 10.2. The largest absolute Gasteiger partial charge is 0.312 e. The third-order valence-corrected chi connectivity index (χ3v) is 5.16. The van der Waals surface area contributed by atoms with Crippen LogP contribution in [0.3, 0.4) is 0 Å². The van der Waals surface area contributed by atoms with Crippen LogP contribution in [-0.2, 0) is 6.54 Å². The van der Waals surface area contributed by atoms with Crippen LogP contribution in [0.25, 0.3) is 10.6 Å². The Balaban J connectivity index is 1.90. The second kappa shape index (κ2) is 6.55. The Morgan fingerprint density at radius 1 is 1.43 bits per heavy atom. The molecule has 1 fully saturated rings. The van der Waals surface area contributed by atoms with Gasteiger partial charge in [0.15, 0.2) is 0 Å². The van der Waals surface area contributed by atoms with Crippen molar-refractivity contribution in [2.45, 2.75) is 38.6 Å². The van der Waals surface area contributed by atoms with E-state index in [9.17, 15) is 4.39 Å². The van der Waals surface area contributed by atoms with Gasteiger partial charge in [-0.1, -0.05) is 22.9 Å². The average Bonchev–Trinajstić information content (AvgIpc) is 3.21. The zero-order chi connectivity index (χ0) is 14.8. The molecule has 0 atom stereocenters. The van der Waals surface area contributed by atoms with Gasteiger partial charge in [0.2, 0.25) is 0 Å². The van der Waals surface area contributed by atoms with Crippen LogP contribution in [-0.4, -0.2) is 11.5 Å². The molecule has 112 valence electrons. The molecule has 2 aromatic rings. The predicted octanol–water partition coefficient (Wildman–Crippen LogP) is 5.09. The molecule has 0 radical (unpaired) electrons. The van der Waals surface area contributed by atoms with E-state index >= 15 is 0 Å². The van der Waals surface area contributed by atoms with Crippen molar-refractivity contribution in [2.24, 2.45) is 0 Å². The predicted molar refractivity (Wildman–Crippen MR) is 89.2 cm³/mol. The maximum atomic E-state index is 14.1. The molecule has 3 rings (SSSR count). The first kappa shape index (κ1) is 15.1. The lowest BCUT2D eigenvalue weighted by molar-refractivity contribution is 0.630. The van der Waals surface area contributed by atoms with E-state index in [1.54, 1.807) is 17.4 Å². The Morgan fingerprint density at radius 3 is 2.90 bits per heavy atom. The highest BCUT2D eigenvalue weighted by atomic mass is 79.9. The van der Waals surface area contributed by atoms with Crippen molar-refractivity contribution < 1.29 is 4.39 Å². The molecule has 0 bridgehead atoms. The van der Waals surface area contributed by atoms with E-state index in [0.717, 1.165) is 29.0 Å². The van der Waals surface area contributed by atoms with Crippen LogP contribution in [0.15, 0.2) is 22.7 Å². The number of nitrogens with one attached hydrogen (secondary N) is 1. The van der Waals surface area contributed by atoms with Crippen molar-refractivity contribution in [1.29, 1.82) is 0 Å². The zero-order valence-electron chi connectivity index (χ0n) is 12.0. The van der Waals surface area contributed by atoms with Gasteiger partial charge in [-0.2, -0.15) is 0 Å². The normalized spacial score (nSPS) is 14.6. The minimum atomic E-state index is -0.214. The molecule has 1 N–H and O–H groups in total. The molecule has 0 spiro atoms. The number of benzene rings is 1. The SMILES string of the molecule is CCCNCc1sc(-c2ccc(Br)cc2F)nc1C1CC1. The number of halogens is 2. The quantitative estimate of drug-likeness (QED) is 0.718. The van der Waals surface area contributed by atoms with Crippen molar-refractivity contribution in [1.82, 2.24) is 10.3 Å². The third-order valence-electron chi connectivity index (χ3n) is 3.57. The van der Waals surface area contributed by atoms with Crippen LogP contribution in [0.5, 0.6) is 0 Å². The van der Waals surface area contributed by atoms with E-state index in [0.29, 0.717) is 11.5 Å². The topological polar surface area (TPSA) is 24.9 Å². The Labute approximate surface area is 136 Å². The zero-order valence-corrected chi connectivity index (χ0v) is 14.4. The van der Waals surface area contributed by atoms with E-state index in [-0.39, 0.29) is 5.82 Å². The van der Waals surface area contributed by atoms with Gasteiger partial charge in [-0.3, -0.25) is 0 Å². The summed E-state index contributed by atoms with van der Waals surface area (Å²) in [6.45, 7) is 4.00. The van der Waals surface area contributed by atoms with Gasteiger partial charge < -0.3 is 5.32 Å². The molecular weight excluding hydrogens is 351 g/mol. The molecule has 1 aromatic heterocycles. The maximum absolute atomic E-state index is 14.1. The van der Waals surface area contributed by atoms with Crippen LogP contribution >= 0.6 is 27.3 Å². The van der Waals surface area contributed by atoms with E-state index in [4.69, 9.17) is 4.98 Å². The number of hydrogen-bond donors (Lipinski definition) is 1. The summed E-state index contributed by atoms with van der Waals surface area (Å²) in [5.41, 5.74) is 1.78. The van der Waals surface area contributed by atoms with Crippen LogP contribution in [0.2, 0.25) is 0 Å². The van der Waals surface area contributed by atoms with E-state index in [2.05, 4.69) is 28.2 Å². The fourth-order valence-electron chi connectivity index (χ4n) is 2.32. The second-order valence-electron chi connectivity index (χ2n) is 5.40. The van der Waals surface area contributed by atoms with Crippen molar-refractivity contribution in [3.8, 4) is 10.6 Å². The Morgan fingerprint density at radius 2 is 2.24 bits per heavy atom. The Kier molecular flexibility index (Phi) is 4.72. The highest BCUT2D eigenvalue weighted by Gasteiger charge is 2.30. The standard InChI is InChI=1S/C16H18BrFN2S/c1-2-7-19-9-14-15(10-3-4-10)20-16(21-14)12-6-5-11(17)8-13(12)18/h5-6,8,10,19H,2-4,7,9H2,1H3. The van der Waals surface area contributed by atoms with Crippen molar-refractivity contribution in [3.05, 3.63) is 39.1 Å². The Bertz CT molecular complexity index is 637. The first-order valence-corrected chi connectivity index (χ1v) is 8.95. The van der Waals surface area contributed by atoms with E-state index in [1.807, 2.05) is 6.07 Å². The highest BCUT2D eigenvalue weighted by Crippen LogP contribution is 2.44. The first-order chi connectivity index (χ1) is 10.2. The number of rotatable bonds is 6. The summed E-state index contributed by atoms with van der Waals surface area (Å²) in [6.07, 6.45) is 3.55. The second-order valence-corrected chi connectivity index (χ2v) is 7.40. The summed E-state index contributed by atoms with van der Waals surface area (Å²) in [6, 6.07) is 5.17. The number of nitrogens with zero attached hydrogens (tertiary/aromatic N) is 1. The lowest BCUT2D eigenvalue weighted by Crippen LogP contribution is -2.13. The summed E-state index contributed by atoms with van der Waals surface area (Å²) in [5, 5.41) is 4.23. The molecule has 1 aromatic carbocycles. The van der Waals surface area contributed by atoms with Gasteiger partial charge in [-0.05, 0) is 44.0 Å². The van der Waals surface area contributed by atoms with Crippen molar-refractivity contribution in [3.63, 3.8) is 0 Å². The summed E-state index contributed by atoms with van der Waals surface area (Å²) >= 11 is 4.92. The van der Waals surface area contributed by atoms with Crippen LogP contribution in [0.1, 0.15) is 42.7 Å². The molecule has 1 heterocycles. The fourth-order valence-corrected chi connectivity index (χ4v) is 3.80. The molecular formula is C16H18BrFN2S. The average molecular weight is 369 g/mol. The minimum Gasteiger partial charge on any atom is -0.312 e. The maximum Gasteiger partial charge on any atom is 0.134 e. The molecule has 2 nitrogen and oxygen atoms in total. The molecule has 1 aliphatic carbocycles. The van der Waals surface area contributed by atoms with E-state index < -0.39 is 0 Å². The molecule has 21 heavy (non-hydrogen) atoms. The van der Waals surface area contributed by atoms with Crippen LogP contribution in [0, 0.1) is 5.82 Å². The Hall–Kier alpha value is -0.780. The summed E-state index contributed by atoms with van der Waals surface area (Å²) in [4.78, 5) is 6.00. The molecule has 0 aliphatic heterocycles. The van der Waals surface area contributed by atoms with Gasteiger partial charge in [0, 0.05) is 27.4 Å². The monoisotopic (exact) mass is 368 g/mol. The van der Waals surface area contributed by atoms with Crippen LogP contribution in [0.4, 0.5) is 4.39 Å². The van der Waals surface area contributed by atoms with Crippen molar-refractivity contribution >= 4 is 27.3 Å². The molecule has 0 unspecified atom stereocenters. The molecule has 0 amide bonds. The van der Waals surface area contributed by atoms with Crippen LogP contribution < -0.4 is 5.32 Å².